The van der Waals surface area contributed by atoms with Gasteiger partial charge in [-0.2, -0.15) is 0 Å². The van der Waals surface area contributed by atoms with Gasteiger partial charge in [0.05, 0.1) is 6.54 Å². The minimum absolute atomic E-state index is 0.201. The number of halogens is 3. The van der Waals surface area contributed by atoms with Gasteiger partial charge in [0.1, 0.15) is 23.0 Å². The number of nitrogens with zero attached hydrogens (tertiary/aromatic N) is 2. The summed E-state index contributed by atoms with van der Waals surface area (Å²) >= 11 is 0. The van der Waals surface area contributed by atoms with Crippen LogP contribution in [0.2, 0.25) is 0 Å². The smallest absolute Gasteiger partial charge is 0.253 e. The van der Waals surface area contributed by atoms with Gasteiger partial charge in [-0.3, -0.25) is 0 Å². The van der Waals surface area contributed by atoms with Crippen molar-refractivity contribution < 1.29 is 17.6 Å². The monoisotopic (exact) mass is 271 g/mol. The number of nitrogens with one attached hydrogen (secondary N) is 1. The molecule has 1 N–H and O–H groups in total. The number of rotatable bonds is 4. The van der Waals surface area contributed by atoms with Crippen LogP contribution in [0, 0.1) is 17.5 Å². The zero-order chi connectivity index (χ0) is 14.0. The molecule has 0 saturated carbocycles. The molecule has 0 atom stereocenters. The molecule has 0 aliphatic heterocycles. The Balaban J connectivity index is 2.28. The standard InChI is InChI=1S/C12H12F3N3O/c1-6(2)16-5-10-17-18-12(19-10)11-8(14)3-7(13)4-9(11)15/h3-4,6,16H,5H2,1-2H3. The van der Waals surface area contributed by atoms with E-state index in [9.17, 15) is 13.2 Å². The van der Waals surface area contributed by atoms with Crippen LogP contribution in [0.25, 0.3) is 11.5 Å². The fourth-order valence-electron chi connectivity index (χ4n) is 1.46. The SMILES string of the molecule is CC(C)NCc1nnc(-c2c(F)cc(F)cc2F)o1. The topological polar surface area (TPSA) is 51.0 Å². The molecule has 0 aliphatic carbocycles. The van der Waals surface area contributed by atoms with Crippen molar-refractivity contribution in [1.82, 2.24) is 15.5 Å². The first-order valence-electron chi connectivity index (χ1n) is 5.68. The van der Waals surface area contributed by atoms with Crippen LogP contribution in [-0.4, -0.2) is 16.2 Å². The van der Waals surface area contributed by atoms with Crippen molar-refractivity contribution in [2.24, 2.45) is 0 Å². The Labute approximate surface area is 107 Å². The molecule has 0 aliphatic rings. The first-order valence-corrected chi connectivity index (χ1v) is 5.68. The second-order valence-corrected chi connectivity index (χ2v) is 4.28. The second kappa shape index (κ2) is 5.40. The summed E-state index contributed by atoms with van der Waals surface area (Å²) < 4.78 is 44.9. The van der Waals surface area contributed by atoms with Gasteiger partial charge in [0, 0.05) is 18.2 Å². The zero-order valence-corrected chi connectivity index (χ0v) is 10.4. The molecular formula is C12H12F3N3O. The summed E-state index contributed by atoms with van der Waals surface area (Å²) in [6.07, 6.45) is 0. The molecule has 19 heavy (non-hydrogen) atoms. The third-order valence-corrected chi connectivity index (χ3v) is 2.35. The first kappa shape index (κ1) is 13.5. The summed E-state index contributed by atoms with van der Waals surface area (Å²) in [4.78, 5) is 0. The summed E-state index contributed by atoms with van der Waals surface area (Å²) in [6, 6.07) is 1.33. The van der Waals surface area contributed by atoms with Gasteiger partial charge in [-0.05, 0) is 0 Å². The lowest BCUT2D eigenvalue weighted by Crippen LogP contribution is -2.21. The molecule has 0 bridgehead atoms. The van der Waals surface area contributed by atoms with Gasteiger partial charge in [-0.1, -0.05) is 13.8 Å². The van der Waals surface area contributed by atoms with E-state index in [4.69, 9.17) is 4.42 Å². The van der Waals surface area contributed by atoms with Crippen LogP contribution in [0.3, 0.4) is 0 Å². The predicted octanol–water partition coefficient (Wildman–Crippen LogP) is 2.65. The average Bonchev–Trinajstić information content (AvgIpc) is 2.73. The van der Waals surface area contributed by atoms with Gasteiger partial charge in [-0.15, -0.1) is 10.2 Å². The molecule has 2 rings (SSSR count). The Morgan fingerprint density at radius 1 is 1.16 bits per heavy atom. The van der Waals surface area contributed by atoms with Crippen molar-refractivity contribution in [2.45, 2.75) is 26.4 Å². The van der Waals surface area contributed by atoms with Crippen molar-refractivity contribution in [3.8, 4) is 11.5 Å². The molecule has 1 aromatic carbocycles. The lowest BCUT2D eigenvalue weighted by Gasteiger charge is -2.03. The predicted molar refractivity (Wildman–Crippen MR) is 61.6 cm³/mol. The van der Waals surface area contributed by atoms with Crippen LogP contribution in [0.1, 0.15) is 19.7 Å². The van der Waals surface area contributed by atoms with Crippen molar-refractivity contribution in [1.29, 1.82) is 0 Å². The second-order valence-electron chi connectivity index (χ2n) is 4.28. The Bertz CT molecular complexity index is 560. The van der Waals surface area contributed by atoms with Crippen molar-refractivity contribution in [2.75, 3.05) is 0 Å². The number of benzene rings is 1. The van der Waals surface area contributed by atoms with Gasteiger partial charge >= 0.3 is 0 Å². The molecule has 0 spiro atoms. The minimum atomic E-state index is -1.08. The molecular weight excluding hydrogens is 259 g/mol. The van der Waals surface area contributed by atoms with Crippen LogP contribution < -0.4 is 5.32 Å². The van der Waals surface area contributed by atoms with Crippen molar-refractivity contribution in [3.63, 3.8) is 0 Å². The zero-order valence-electron chi connectivity index (χ0n) is 10.4. The molecule has 4 nitrogen and oxygen atoms in total. The summed E-state index contributed by atoms with van der Waals surface area (Å²) in [7, 11) is 0. The highest BCUT2D eigenvalue weighted by atomic mass is 19.1. The highest BCUT2D eigenvalue weighted by molar-refractivity contribution is 5.54. The van der Waals surface area contributed by atoms with Crippen molar-refractivity contribution >= 4 is 0 Å². The van der Waals surface area contributed by atoms with E-state index in [1.165, 1.54) is 0 Å². The maximum atomic E-state index is 13.5. The molecule has 102 valence electrons. The molecule has 2 aromatic rings. The highest BCUT2D eigenvalue weighted by Crippen LogP contribution is 2.25. The van der Waals surface area contributed by atoms with Crippen LogP contribution in [0.4, 0.5) is 13.2 Å². The van der Waals surface area contributed by atoms with E-state index in [0.29, 0.717) is 12.1 Å². The van der Waals surface area contributed by atoms with Gasteiger partial charge in [0.25, 0.3) is 5.89 Å². The van der Waals surface area contributed by atoms with E-state index in [1.807, 2.05) is 13.8 Å². The minimum Gasteiger partial charge on any atom is -0.419 e. The molecule has 1 heterocycles. The first-order chi connectivity index (χ1) is 8.97. The van der Waals surface area contributed by atoms with E-state index < -0.39 is 23.0 Å². The Morgan fingerprint density at radius 2 is 1.79 bits per heavy atom. The van der Waals surface area contributed by atoms with Crippen molar-refractivity contribution in [3.05, 3.63) is 35.5 Å². The van der Waals surface area contributed by atoms with Gasteiger partial charge in [0.15, 0.2) is 0 Å². The number of hydrogen-bond donors (Lipinski definition) is 1. The summed E-state index contributed by atoms with van der Waals surface area (Å²) in [5.74, 6) is -3.27. The van der Waals surface area contributed by atoms with E-state index in [-0.39, 0.29) is 24.4 Å². The lowest BCUT2D eigenvalue weighted by molar-refractivity contribution is 0.453. The summed E-state index contributed by atoms with van der Waals surface area (Å²) in [5, 5.41) is 10.2. The van der Waals surface area contributed by atoms with E-state index in [0.717, 1.165) is 0 Å². The molecule has 0 unspecified atom stereocenters. The third kappa shape index (κ3) is 3.11. The molecule has 7 heteroatoms. The Kier molecular flexibility index (Phi) is 3.84. The highest BCUT2D eigenvalue weighted by Gasteiger charge is 2.19. The average molecular weight is 271 g/mol. The number of hydrogen-bond acceptors (Lipinski definition) is 4. The fraction of sp³-hybridized carbons (Fsp3) is 0.333. The van der Waals surface area contributed by atoms with Crippen LogP contribution in [-0.2, 0) is 6.54 Å². The lowest BCUT2D eigenvalue weighted by atomic mass is 10.2. The molecule has 0 fully saturated rings. The number of aromatic nitrogens is 2. The summed E-state index contributed by atoms with van der Waals surface area (Å²) in [6.45, 7) is 4.14. The molecule has 0 amide bonds. The Morgan fingerprint density at radius 3 is 2.37 bits per heavy atom. The largest absolute Gasteiger partial charge is 0.419 e. The van der Waals surface area contributed by atoms with E-state index in [1.54, 1.807) is 0 Å². The summed E-state index contributed by atoms with van der Waals surface area (Å²) in [5.41, 5.74) is -0.523. The van der Waals surface area contributed by atoms with E-state index in [2.05, 4.69) is 15.5 Å². The molecule has 0 radical (unpaired) electrons. The Hall–Kier alpha value is -1.89. The quantitative estimate of drug-likeness (QED) is 0.928. The van der Waals surface area contributed by atoms with Crippen LogP contribution >= 0.6 is 0 Å². The van der Waals surface area contributed by atoms with E-state index >= 15 is 0 Å². The van der Waals surface area contributed by atoms with Crippen LogP contribution in [0.15, 0.2) is 16.5 Å². The van der Waals surface area contributed by atoms with Crippen LogP contribution in [0.5, 0.6) is 0 Å². The van der Waals surface area contributed by atoms with Gasteiger partial charge < -0.3 is 9.73 Å². The van der Waals surface area contributed by atoms with Gasteiger partial charge in [-0.25, -0.2) is 13.2 Å². The maximum Gasteiger partial charge on any atom is 0.253 e. The molecule has 1 aromatic heterocycles. The van der Waals surface area contributed by atoms with Gasteiger partial charge in [0.2, 0.25) is 5.89 Å². The molecule has 0 saturated heterocycles. The maximum absolute atomic E-state index is 13.5. The normalized spacial score (nSPS) is 11.3. The third-order valence-electron chi connectivity index (χ3n) is 2.35. The fourth-order valence-corrected chi connectivity index (χ4v) is 1.46.